The highest BCUT2D eigenvalue weighted by Crippen LogP contribution is 2.18. The molecule has 1 aromatic rings. The van der Waals surface area contributed by atoms with Gasteiger partial charge in [0.25, 0.3) is 0 Å². The summed E-state index contributed by atoms with van der Waals surface area (Å²) in [6.45, 7) is 2.02. The maximum Gasteiger partial charge on any atom is 0.0756 e. The lowest BCUT2D eigenvalue weighted by Gasteiger charge is -2.09. The largest absolute Gasteiger partial charge is 0.312 e. The Morgan fingerprint density at radius 1 is 1.64 bits per heavy atom. The highest BCUT2D eigenvalue weighted by molar-refractivity contribution is 6.31. The minimum atomic E-state index is 0.212. The van der Waals surface area contributed by atoms with Gasteiger partial charge in [-0.1, -0.05) is 11.6 Å². The molecule has 60 valence electrons. The van der Waals surface area contributed by atoms with E-state index in [9.17, 15) is 0 Å². The molecule has 0 aliphatic carbocycles. The predicted octanol–water partition coefficient (Wildman–Crippen LogP) is 2.02. The molecule has 1 heterocycles. The van der Waals surface area contributed by atoms with E-state index in [4.69, 9.17) is 11.6 Å². The van der Waals surface area contributed by atoms with Crippen molar-refractivity contribution in [3.63, 3.8) is 0 Å². The molecule has 0 amide bonds. The van der Waals surface area contributed by atoms with Gasteiger partial charge < -0.3 is 5.32 Å². The summed E-state index contributed by atoms with van der Waals surface area (Å²) < 4.78 is 0. The Hall–Kier alpha value is -0.600. The maximum absolute atomic E-state index is 5.90. The fraction of sp³-hybridized carbons (Fsp3) is 0.375. The Kier molecular flexibility index (Phi) is 2.85. The average molecular weight is 171 g/mol. The third kappa shape index (κ3) is 1.91. The number of hydrogen-bond acceptors (Lipinski definition) is 2. The first-order valence-electron chi connectivity index (χ1n) is 3.53. The lowest BCUT2D eigenvalue weighted by atomic mass is 10.2. The zero-order chi connectivity index (χ0) is 8.27. The predicted molar refractivity (Wildman–Crippen MR) is 46.7 cm³/mol. The van der Waals surface area contributed by atoms with Gasteiger partial charge in [-0.3, -0.25) is 4.98 Å². The Balaban J connectivity index is 2.93. The summed E-state index contributed by atoms with van der Waals surface area (Å²) in [6.07, 6.45) is 1.75. The van der Waals surface area contributed by atoms with Crippen molar-refractivity contribution in [1.29, 1.82) is 0 Å². The van der Waals surface area contributed by atoms with Crippen LogP contribution in [0.25, 0.3) is 0 Å². The van der Waals surface area contributed by atoms with E-state index in [0.717, 1.165) is 5.69 Å². The zero-order valence-electron chi connectivity index (χ0n) is 6.63. The SMILES string of the molecule is CN[C@@H](C)c1ncccc1Cl. The van der Waals surface area contributed by atoms with Gasteiger partial charge in [-0.05, 0) is 26.1 Å². The maximum atomic E-state index is 5.90. The van der Waals surface area contributed by atoms with Crippen LogP contribution in [0.15, 0.2) is 18.3 Å². The van der Waals surface area contributed by atoms with Crippen molar-refractivity contribution in [2.24, 2.45) is 0 Å². The lowest BCUT2D eigenvalue weighted by molar-refractivity contribution is 0.633. The second kappa shape index (κ2) is 3.69. The minimum Gasteiger partial charge on any atom is -0.312 e. The summed E-state index contributed by atoms with van der Waals surface area (Å²) in [5.41, 5.74) is 0.900. The summed E-state index contributed by atoms with van der Waals surface area (Å²) >= 11 is 5.90. The van der Waals surface area contributed by atoms with Gasteiger partial charge in [-0.25, -0.2) is 0 Å². The first-order valence-corrected chi connectivity index (χ1v) is 3.91. The third-order valence-corrected chi connectivity index (χ3v) is 1.95. The molecule has 0 aromatic carbocycles. The molecule has 1 N–H and O–H groups in total. The van der Waals surface area contributed by atoms with Crippen LogP contribution in [0.4, 0.5) is 0 Å². The first kappa shape index (κ1) is 8.50. The standard InChI is InChI=1S/C8H11ClN2/c1-6(10-2)8-7(9)4-3-5-11-8/h3-6,10H,1-2H3/t6-/m0/s1. The summed E-state index contributed by atoms with van der Waals surface area (Å²) in [5.74, 6) is 0. The highest BCUT2D eigenvalue weighted by Gasteiger charge is 2.06. The number of aromatic nitrogens is 1. The Morgan fingerprint density at radius 2 is 2.36 bits per heavy atom. The van der Waals surface area contributed by atoms with Crippen molar-refractivity contribution in [3.8, 4) is 0 Å². The molecule has 0 aliphatic heterocycles. The van der Waals surface area contributed by atoms with E-state index in [1.807, 2.05) is 26.1 Å². The molecule has 3 heteroatoms. The van der Waals surface area contributed by atoms with E-state index in [1.54, 1.807) is 6.20 Å². The number of halogens is 1. The average Bonchev–Trinajstić information content (AvgIpc) is 2.04. The summed E-state index contributed by atoms with van der Waals surface area (Å²) in [6, 6.07) is 3.88. The normalized spacial score (nSPS) is 13.0. The molecule has 0 spiro atoms. The molecule has 0 aliphatic rings. The number of rotatable bonds is 2. The fourth-order valence-corrected chi connectivity index (χ4v) is 1.14. The van der Waals surface area contributed by atoms with Crippen molar-refractivity contribution in [2.45, 2.75) is 13.0 Å². The number of pyridine rings is 1. The molecule has 0 fully saturated rings. The van der Waals surface area contributed by atoms with E-state index in [0.29, 0.717) is 5.02 Å². The summed E-state index contributed by atoms with van der Waals surface area (Å²) in [7, 11) is 1.88. The van der Waals surface area contributed by atoms with Gasteiger partial charge in [0, 0.05) is 12.2 Å². The van der Waals surface area contributed by atoms with Crippen molar-refractivity contribution < 1.29 is 0 Å². The van der Waals surface area contributed by atoms with Crippen LogP contribution in [-0.2, 0) is 0 Å². The molecule has 1 atom stereocenters. The van der Waals surface area contributed by atoms with Gasteiger partial charge >= 0.3 is 0 Å². The number of nitrogens with one attached hydrogen (secondary N) is 1. The van der Waals surface area contributed by atoms with Crippen molar-refractivity contribution in [2.75, 3.05) is 7.05 Å². The number of hydrogen-bond donors (Lipinski definition) is 1. The fourth-order valence-electron chi connectivity index (χ4n) is 0.853. The van der Waals surface area contributed by atoms with Crippen molar-refractivity contribution in [3.05, 3.63) is 29.0 Å². The van der Waals surface area contributed by atoms with E-state index < -0.39 is 0 Å². The van der Waals surface area contributed by atoms with Crippen LogP contribution in [-0.4, -0.2) is 12.0 Å². The van der Waals surface area contributed by atoms with Gasteiger partial charge in [0.2, 0.25) is 0 Å². The zero-order valence-corrected chi connectivity index (χ0v) is 7.39. The van der Waals surface area contributed by atoms with Crippen LogP contribution in [0.5, 0.6) is 0 Å². The topological polar surface area (TPSA) is 24.9 Å². The highest BCUT2D eigenvalue weighted by atomic mass is 35.5. The molecule has 0 saturated heterocycles. The second-order valence-electron chi connectivity index (χ2n) is 2.38. The molecule has 0 bridgehead atoms. The third-order valence-electron chi connectivity index (χ3n) is 1.63. The van der Waals surface area contributed by atoms with Gasteiger partial charge in [-0.15, -0.1) is 0 Å². The Labute approximate surface area is 71.6 Å². The monoisotopic (exact) mass is 170 g/mol. The van der Waals surface area contributed by atoms with Crippen LogP contribution in [0.1, 0.15) is 18.7 Å². The molecule has 0 unspecified atom stereocenters. The molecule has 1 aromatic heterocycles. The van der Waals surface area contributed by atoms with Gasteiger partial charge in [-0.2, -0.15) is 0 Å². The van der Waals surface area contributed by atoms with E-state index >= 15 is 0 Å². The lowest BCUT2D eigenvalue weighted by Crippen LogP contribution is -2.13. The van der Waals surface area contributed by atoms with Crippen molar-refractivity contribution in [1.82, 2.24) is 10.3 Å². The molecule has 2 nitrogen and oxygen atoms in total. The van der Waals surface area contributed by atoms with Crippen LogP contribution >= 0.6 is 11.6 Å². The van der Waals surface area contributed by atoms with E-state index in [1.165, 1.54) is 0 Å². The number of nitrogens with zero attached hydrogens (tertiary/aromatic N) is 1. The van der Waals surface area contributed by atoms with Gasteiger partial charge in [0.05, 0.1) is 10.7 Å². The van der Waals surface area contributed by atoms with E-state index in [2.05, 4.69) is 10.3 Å². The van der Waals surface area contributed by atoms with Crippen LogP contribution in [0.2, 0.25) is 5.02 Å². The Morgan fingerprint density at radius 3 is 2.91 bits per heavy atom. The van der Waals surface area contributed by atoms with Crippen molar-refractivity contribution >= 4 is 11.6 Å². The van der Waals surface area contributed by atoms with Gasteiger partial charge in [0.1, 0.15) is 0 Å². The quantitative estimate of drug-likeness (QED) is 0.735. The molecule has 11 heavy (non-hydrogen) atoms. The van der Waals surface area contributed by atoms with Crippen LogP contribution in [0, 0.1) is 0 Å². The molecular weight excluding hydrogens is 160 g/mol. The second-order valence-corrected chi connectivity index (χ2v) is 2.79. The van der Waals surface area contributed by atoms with Crippen LogP contribution < -0.4 is 5.32 Å². The Bertz CT molecular complexity index is 237. The minimum absolute atomic E-state index is 0.212. The first-order chi connectivity index (χ1) is 5.25. The molecule has 0 radical (unpaired) electrons. The van der Waals surface area contributed by atoms with Gasteiger partial charge in [0.15, 0.2) is 0 Å². The molecule has 0 saturated carbocycles. The van der Waals surface area contributed by atoms with Crippen LogP contribution in [0.3, 0.4) is 0 Å². The molecule has 1 rings (SSSR count). The summed E-state index contributed by atoms with van der Waals surface area (Å²) in [4.78, 5) is 4.15. The van der Waals surface area contributed by atoms with E-state index in [-0.39, 0.29) is 6.04 Å². The molecular formula is C8H11ClN2. The smallest absolute Gasteiger partial charge is 0.0756 e. The summed E-state index contributed by atoms with van der Waals surface area (Å²) in [5, 5.41) is 3.79.